The summed E-state index contributed by atoms with van der Waals surface area (Å²) in [6.07, 6.45) is 0. The molecule has 37 heavy (non-hydrogen) atoms. The van der Waals surface area contributed by atoms with E-state index in [0.29, 0.717) is 0 Å². The number of rotatable bonds is 6. The molecule has 6 heteroatoms. The van der Waals surface area contributed by atoms with E-state index >= 15 is 0 Å². The summed E-state index contributed by atoms with van der Waals surface area (Å²) in [5, 5.41) is 0. The molecular weight excluding hydrogens is 565 g/mol. The van der Waals surface area contributed by atoms with Crippen LogP contribution in [0.2, 0.25) is 0 Å². The molecule has 0 aromatic heterocycles. The second kappa shape index (κ2) is 13.8. The molecule has 4 rings (SSSR count). The maximum Gasteiger partial charge on any atom is 0.241 e. The van der Waals surface area contributed by atoms with Gasteiger partial charge >= 0.3 is 0 Å². The van der Waals surface area contributed by atoms with Gasteiger partial charge < -0.3 is 5.73 Å². The molecule has 0 saturated carbocycles. The Morgan fingerprint density at radius 1 is 0.622 bits per heavy atom. The number of sulfonamides is 1. The van der Waals surface area contributed by atoms with E-state index in [-0.39, 0.29) is 24.4 Å². The van der Waals surface area contributed by atoms with Gasteiger partial charge in [-0.15, -0.1) is 0 Å². The Morgan fingerprint density at radius 2 is 1.03 bits per heavy atom. The molecule has 0 saturated heterocycles. The largest absolute Gasteiger partial charge is 0.322 e. The summed E-state index contributed by atoms with van der Waals surface area (Å²) < 4.78 is 28.6. The molecule has 4 nitrogen and oxygen atoms in total. The van der Waals surface area contributed by atoms with E-state index in [1.165, 1.54) is 22.3 Å². The first kappa shape index (κ1) is 30.6. The Labute approximate surface area is 235 Å². The number of nitrogens with one attached hydrogen (secondary N) is 1. The Hall–Kier alpha value is -2.63. The third-order valence-corrected chi connectivity index (χ3v) is 7.88. The van der Waals surface area contributed by atoms with E-state index in [9.17, 15) is 8.42 Å². The number of benzene rings is 4. The monoisotopic (exact) mass is 602 g/mol. The number of nitrogens with two attached hydrogens (primary N) is 1. The molecule has 0 spiro atoms. The van der Waals surface area contributed by atoms with Crippen LogP contribution in [0.25, 0.3) is 0 Å². The van der Waals surface area contributed by atoms with E-state index < -0.39 is 22.1 Å². The fourth-order valence-electron chi connectivity index (χ4n) is 3.93. The van der Waals surface area contributed by atoms with E-state index in [0.717, 1.165) is 16.7 Å². The van der Waals surface area contributed by atoms with Crippen molar-refractivity contribution in [2.75, 3.05) is 0 Å². The van der Waals surface area contributed by atoms with Gasteiger partial charge in [0.15, 0.2) is 0 Å². The molecule has 0 aliphatic carbocycles. The van der Waals surface area contributed by atoms with Gasteiger partial charge in [0.05, 0.1) is 17.0 Å². The Balaban J connectivity index is 0.000000369. The van der Waals surface area contributed by atoms with Gasteiger partial charge in [-0.1, -0.05) is 90.5 Å². The normalized spacial score (nSPS) is 12.5. The summed E-state index contributed by atoms with van der Waals surface area (Å²) >= 11 is 0. The van der Waals surface area contributed by atoms with Gasteiger partial charge in [-0.25, -0.2) is 13.1 Å². The summed E-state index contributed by atoms with van der Waals surface area (Å²) in [5.74, 6) is 0. The van der Waals surface area contributed by atoms with Crippen LogP contribution >= 0.6 is 0 Å². The van der Waals surface area contributed by atoms with Crippen LogP contribution in [-0.4, -0.2) is 8.42 Å². The summed E-state index contributed by atoms with van der Waals surface area (Å²) in [7, 11) is -3.71. The Morgan fingerprint density at radius 3 is 1.46 bits per heavy atom. The van der Waals surface area contributed by atoms with Crippen molar-refractivity contribution in [3.8, 4) is 0 Å². The van der Waals surface area contributed by atoms with Crippen molar-refractivity contribution in [2.24, 2.45) is 5.73 Å². The van der Waals surface area contributed by atoms with Gasteiger partial charge in [0, 0.05) is 19.5 Å². The van der Waals surface area contributed by atoms with Crippen LogP contribution < -0.4 is 10.5 Å². The van der Waals surface area contributed by atoms with E-state index in [4.69, 9.17) is 5.73 Å². The standard InChI is InChI=1S/C21H22N2O2S.C10H14.Ru/c1-16-12-14-19(15-13-16)26(24,25)23-21(18-10-6-3-7-11-18)20(22)17-8-4-2-5-9-17;1-7-5-9(3)10(4)6-8(7)2;/h2-15,20-21,23H,22H2,1H3;5-6H,1-4H3;/t20-,21-;;/m0../s1. The van der Waals surface area contributed by atoms with Crippen molar-refractivity contribution in [1.82, 2.24) is 4.72 Å². The molecule has 2 atom stereocenters. The Bertz CT molecular complexity index is 1320. The van der Waals surface area contributed by atoms with Gasteiger partial charge in [-0.3, -0.25) is 0 Å². The van der Waals surface area contributed by atoms with E-state index in [2.05, 4.69) is 44.5 Å². The van der Waals surface area contributed by atoms with Crippen LogP contribution in [0.5, 0.6) is 0 Å². The third-order valence-electron chi connectivity index (χ3n) is 6.43. The molecule has 0 fully saturated rings. The molecule has 0 aliphatic rings. The van der Waals surface area contributed by atoms with Crippen molar-refractivity contribution in [3.05, 3.63) is 136 Å². The predicted octanol–water partition coefficient (Wildman–Crippen LogP) is 6.63. The van der Waals surface area contributed by atoms with Crippen molar-refractivity contribution in [3.63, 3.8) is 0 Å². The fourth-order valence-corrected chi connectivity index (χ4v) is 5.18. The van der Waals surface area contributed by atoms with Crippen LogP contribution in [-0.2, 0) is 29.5 Å². The van der Waals surface area contributed by atoms with Crippen LogP contribution in [0.3, 0.4) is 0 Å². The number of aryl methyl sites for hydroxylation is 5. The van der Waals surface area contributed by atoms with Gasteiger partial charge in [0.25, 0.3) is 0 Å². The minimum atomic E-state index is -3.71. The molecule has 0 amide bonds. The van der Waals surface area contributed by atoms with Gasteiger partial charge in [0.2, 0.25) is 10.0 Å². The van der Waals surface area contributed by atoms with Crippen molar-refractivity contribution < 1.29 is 27.9 Å². The third kappa shape index (κ3) is 8.44. The van der Waals surface area contributed by atoms with Crippen molar-refractivity contribution >= 4 is 10.0 Å². The molecule has 0 unspecified atom stereocenters. The maximum absolute atomic E-state index is 12.9. The molecule has 0 aliphatic heterocycles. The summed E-state index contributed by atoms with van der Waals surface area (Å²) in [6.45, 7) is 10.5. The summed E-state index contributed by atoms with van der Waals surface area (Å²) in [4.78, 5) is 0.226. The zero-order valence-corrected chi connectivity index (χ0v) is 24.6. The molecule has 4 aromatic rings. The summed E-state index contributed by atoms with van der Waals surface area (Å²) in [5.41, 5.74) is 14.7. The molecule has 4 aromatic carbocycles. The second-order valence-electron chi connectivity index (χ2n) is 9.28. The molecule has 0 radical (unpaired) electrons. The zero-order chi connectivity index (χ0) is 26.3. The average Bonchev–Trinajstić information content (AvgIpc) is 2.87. The minimum absolute atomic E-state index is 0. The van der Waals surface area contributed by atoms with E-state index in [1.54, 1.807) is 24.3 Å². The average molecular weight is 602 g/mol. The molecule has 196 valence electrons. The predicted molar refractivity (Wildman–Crippen MR) is 149 cm³/mol. The molecule has 0 bridgehead atoms. The Kier molecular flexibility index (Phi) is 11.4. The van der Waals surface area contributed by atoms with Crippen molar-refractivity contribution in [1.29, 1.82) is 0 Å². The zero-order valence-electron chi connectivity index (χ0n) is 22.0. The second-order valence-corrected chi connectivity index (χ2v) is 11.0. The smallest absolute Gasteiger partial charge is 0.241 e. The van der Waals surface area contributed by atoms with Crippen LogP contribution in [0.1, 0.15) is 51.0 Å². The first-order valence-corrected chi connectivity index (χ1v) is 13.6. The van der Waals surface area contributed by atoms with Crippen LogP contribution in [0.4, 0.5) is 0 Å². The maximum atomic E-state index is 12.9. The van der Waals surface area contributed by atoms with Gasteiger partial charge in [-0.05, 0) is 80.1 Å². The van der Waals surface area contributed by atoms with E-state index in [1.807, 2.05) is 67.6 Å². The van der Waals surface area contributed by atoms with Crippen LogP contribution in [0, 0.1) is 34.6 Å². The minimum Gasteiger partial charge on any atom is -0.322 e. The molecular formula is C31H36N2O2RuS. The number of hydrogen-bond donors (Lipinski definition) is 2. The summed E-state index contributed by atoms with van der Waals surface area (Å²) in [6, 6.07) is 29.1. The van der Waals surface area contributed by atoms with Gasteiger partial charge in [0.1, 0.15) is 0 Å². The number of hydrogen-bond acceptors (Lipinski definition) is 3. The quantitative estimate of drug-likeness (QED) is 0.244. The first-order valence-electron chi connectivity index (χ1n) is 12.1. The SMILES string of the molecule is Cc1cc(C)c(C)cc1C.Cc1ccc(S(=O)(=O)N[C@@H](c2ccccc2)[C@@H](N)c2ccccc2)cc1.[Ru]. The van der Waals surface area contributed by atoms with Gasteiger partial charge in [-0.2, -0.15) is 0 Å². The van der Waals surface area contributed by atoms with Crippen LogP contribution in [0.15, 0.2) is 102 Å². The molecule has 0 heterocycles. The first-order chi connectivity index (χ1) is 17.1. The topological polar surface area (TPSA) is 72.2 Å². The molecule has 3 N–H and O–H groups in total. The fraction of sp³-hybridized carbons (Fsp3) is 0.226. The van der Waals surface area contributed by atoms with Crippen molar-refractivity contribution in [2.45, 2.75) is 51.6 Å².